The maximum absolute atomic E-state index is 15.0. The molecular formula is C26H25FN8O2. The highest BCUT2D eigenvalue weighted by molar-refractivity contribution is 5.98. The van der Waals surface area contributed by atoms with Crippen LogP contribution in [0.25, 0.3) is 16.7 Å². The normalized spacial score (nSPS) is 13.9. The minimum Gasteiger partial charge on any atom is -0.369 e. The van der Waals surface area contributed by atoms with E-state index in [0.29, 0.717) is 17.0 Å². The van der Waals surface area contributed by atoms with Gasteiger partial charge in [-0.15, -0.1) is 0 Å². The summed E-state index contributed by atoms with van der Waals surface area (Å²) in [7, 11) is 2.07. The third-order valence-electron chi connectivity index (χ3n) is 6.16. The van der Waals surface area contributed by atoms with Crippen LogP contribution in [0.2, 0.25) is 0 Å². The Kier molecular flexibility index (Phi) is 6.60. The molecule has 1 aliphatic rings. The minimum absolute atomic E-state index is 0.127. The van der Waals surface area contributed by atoms with Crippen molar-refractivity contribution in [3.8, 4) is 5.69 Å². The fourth-order valence-corrected chi connectivity index (χ4v) is 4.11. The van der Waals surface area contributed by atoms with Crippen LogP contribution >= 0.6 is 0 Å². The van der Waals surface area contributed by atoms with Crippen LogP contribution in [0.1, 0.15) is 0 Å². The summed E-state index contributed by atoms with van der Waals surface area (Å²) in [5.74, 6) is -0.680. The van der Waals surface area contributed by atoms with E-state index in [4.69, 9.17) is 0 Å². The second kappa shape index (κ2) is 10.2. The number of halogens is 1. The summed E-state index contributed by atoms with van der Waals surface area (Å²) in [6.45, 7) is 6.96. The van der Waals surface area contributed by atoms with Crippen molar-refractivity contribution < 1.29 is 9.18 Å². The third-order valence-corrected chi connectivity index (χ3v) is 6.16. The molecule has 0 unspecified atom stereocenters. The first-order valence-corrected chi connectivity index (χ1v) is 11.7. The van der Waals surface area contributed by atoms with Crippen molar-refractivity contribution in [2.24, 2.45) is 0 Å². The van der Waals surface area contributed by atoms with Crippen LogP contribution in [0.3, 0.4) is 0 Å². The lowest BCUT2D eigenvalue weighted by molar-refractivity contribution is -0.111. The lowest BCUT2D eigenvalue weighted by atomic mass is 10.2. The summed E-state index contributed by atoms with van der Waals surface area (Å²) in [6, 6.07) is 8.10. The minimum atomic E-state index is -0.430. The van der Waals surface area contributed by atoms with Crippen LogP contribution in [0.4, 0.5) is 27.4 Å². The van der Waals surface area contributed by atoms with E-state index >= 15 is 4.39 Å². The largest absolute Gasteiger partial charge is 0.369 e. The van der Waals surface area contributed by atoms with E-state index in [0.717, 1.165) is 37.9 Å². The first-order valence-electron chi connectivity index (χ1n) is 11.7. The molecule has 10 nitrogen and oxygen atoms in total. The molecule has 0 saturated carbocycles. The maximum atomic E-state index is 15.0. The Morgan fingerprint density at radius 2 is 1.89 bits per heavy atom. The summed E-state index contributed by atoms with van der Waals surface area (Å²) < 4.78 is 16.7. The van der Waals surface area contributed by atoms with E-state index in [1.54, 1.807) is 29.1 Å². The first kappa shape index (κ1) is 24.1. The number of carbonyl (C=O) groups is 1. The second-order valence-corrected chi connectivity index (χ2v) is 8.69. The lowest BCUT2D eigenvalue weighted by Gasteiger charge is -2.34. The summed E-state index contributed by atoms with van der Waals surface area (Å²) in [5.41, 5.74) is 2.08. The average molecular weight is 501 g/mol. The number of hydrogen-bond acceptors (Lipinski definition) is 8. The number of pyridine rings is 2. The number of nitrogens with one attached hydrogen (secondary N) is 2. The molecule has 3 aromatic heterocycles. The van der Waals surface area contributed by atoms with Crippen LogP contribution in [-0.4, -0.2) is 63.6 Å². The predicted octanol–water partition coefficient (Wildman–Crippen LogP) is 2.93. The van der Waals surface area contributed by atoms with Crippen molar-refractivity contribution in [2.45, 2.75) is 0 Å². The van der Waals surface area contributed by atoms with Crippen molar-refractivity contribution in [1.82, 2.24) is 24.4 Å². The SMILES string of the molecule is C=CC(=O)Nc1cncc(-n2ccc(=O)c3cnc(Nc4ccc(N5CCN(C)CC5)cc4F)nc32)c1. The zero-order valence-electron chi connectivity index (χ0n) is 20.2. The Hall–Kier alpha value is -4.64. The molecule has 0 bridgehead atoms. The first-order chi connectivity index (χ1) is 17.9. The van der Waals surface area contributed by atoms with Crippen LogP contribution in [0.15, 0.2) is 72.6 Å². The van der Waals surface area contributed by atoms with Crippen LogP contribution in [-0.2, 0) is 4.79 Å². The summed E-state index contributed by atoms with van der Waals surface area (Å²) in [4.78, 5) is 41.5. The zero-order chi connectivity index (χ0) is 25.9. The number of rotatable bonds is 6. The summed E-state index contributed by atoms with van der Waals surface area (Å²) in [6.07, 6.45) is 7.18. The van der Waals surface area contributed by atoms with Gasteiger partial charge in [-0.05, 0) is 37.4 Å². The summed E-state index contributed by atoms with van der Waals surface area (Å²) >= 11 is 0. The van der Waals surface area contributed by atoms with Crippen LogP contribution in [0, 0.1) is 5.82 Å². The molecule has 0 aliphatic carbocycles. The van der Waals surface area contributed by atoms with Gasteiger partial charge in [0, 0.05) is 50.3 Å². The Labute approximate surface area is 212 Å². The topological polar surface area (TPSA) is 108 Å². The highest BCUT2D eigenvalue weighted by Crippen LogP contribution is 2.25. The molecule has 0 radical (unpaired) electrons. The molecule has 4 heterocycles. The number of likely N-dealkylation sites (N-methyl/N-ethyl adjacent to an activating group) is 1. The zero-order valence-corrected chi connectivity index (χ0v) is 20.2. The van der Waals surface area contributed by atoms with Crippen LogP contribution in [0.5, 0.6) is 0 Å². The molecule has 0 atom stereocenters. The number of hydrogen-bond donors (Lipinski definition) is 2. The fraction of sp³-hybridized carbons (Fsp3) is 0.192. The number of amides is 1. The molecular weight excluding hydrogens is 475 g/mol. The van der Waals surface area contributed by atoms with Gasteiger partial charge in [-0.2, -0.15) is 4.98 Å². The van der Waals surface area contributed by atoms with Gasteiger partial charge in [-0.3, -0.25) is 19.1 Å². The van der Waals surface area contributed by atoms with Gasteiger partial charge in [0.05, 0.1) is 34.8 Å². The van der Waals surface area contributed by atoms with Crippen molar-refractivity contribution in [3.05, 3.63) is 83.8 Å². The Bertz CT molecular complexity index is 1550. The number of anilines is 4. The molecule has 1 saturated heterocycles. The number of carbonyl (C=O) groups excluding carboxylic acids is 1. The van der Waals surface area contributed by atoms with Gasteiger partial charge in [-0.25, -0.2) is 9.37 Å². The summed E-state index contributed by atoms with van der Waals surface area (Å²) in [5, 5.41) is 5.85. The van der Waals surface area contributed by atoms with Gasteiger partial charge >= 0.3 is 0 Å². The van der Waals surface area contributed by atoms with Crippen molar-refractivity contribution in [2.75, 3.05) is 48.8 Å². The molecule has 188 valence electrons. The van der Waals surface area contributed by atoms with E-state index in [-0.39, 0.29) is 28.4 Å². The van der Waals surface area contributed by atoms with Crippen molar-refractivity contribution >= 4 is 40.0 Å². The molecule has 11 heteroatoms. The molecule has 1 fully saturated rings. The molecule has 1 amide bonds. The number of piperazine rings is 1. The number of benzene rings is 1. The molecule has 1 aromatic carbocycles. The van der Waals surface area contributed by atoms with Crippen LogP contribution < -0.4 is 21.0 Å². The second-order valence-electron chi connectivity index (χ2n) is 8.69. The van der Waals surface area contributed by atoms with Crippen molar-refractivity contribution in [1.29, 1.82) is 0 Å². The molecule has 4 aromatic rings. The quantitative estimate of drug-likeness (QED) is 0.389. The molecule has 1 aliphatic heterocycles. The van der Waals surface area contributed by atoms with E-state index < -0.39 is 5.82 Å². The molecule has 2 N–H and O–H groups in total. The van der Waals surface area contributed by atoms with E-state index in [2.05, 4.69) is 49.0 Å². The Morgan fingerprint density at radius 3 is 2.65 bits per heavy atom. The number of aromatic nitrogens is 4. The van der Waals surface area contributed by atoms with E-state index in [1.165, 1.54) is 24.5 Å². The maximum Gasteiger partial charge on any atom is 0.247 e. The molecule has 37 heavy (non-hydrogen) atoms. The van der Waals surface area contributed by atoms with Crippen molar-refractivity contribution in [3.63, 3.8) is 0 Å². The lowest BCUT2D eigenvalue weighted by Crippen LogP contribution is -2.44. The smallest absolute Gasteiger partial charge is 0.247 e. The average Bonchev–Trinajstić information content (AvgIpc) is 2.90. The number of nitrogens with zero attached hydrogens (tertiary/aromatic N) is 6. The number of fused-ring (bicyclic) bond motifs is 1. The van der Waals surface area contributed by atoms with Gasteiger partial charge in [-0.1, -0.05) is 6.58 Å². The fourth-order valence-electron chi connectivity index (χ4n) is 4.11. The van der Waals surface area contributed by atoms with Gasteiger partial charge in [0.1, 0.15) is 5.82 Å². The molecule has 0 spiro atoms. The van der Waals surface area contributed by atoms with Gasteiger partial charge in [0.25, 0.3) is 0 Å². The van der Waals surface area contributed by atoms with Gasteiger partial charge in [0.2, 0.25) is 11.9 Å². The highest BCUT2D eigenvalue weighted by atomic mass is 19.1. The molecule has 5 rings (SSSR count). The van der Waals surface area contributed by atoms with Gasteiger partial charge in [0.15, 0.2) is 11.1 Å². The highest BCUT2D eigenvalue weighted by Gasteiger charge is 2.16. The third kappa shape index (κ3) is 5.16. The Balaban J connectivity index is 1.46. The van der Waals surface area contributed by atoms with E-state index in [1.807, 2.05) is 6.07 Å². The van der Waals surface area contributed by atoms with E-state index in [9.17, 15) is 9.59 Å². The monoisotopic (exact) mass is 500 g/mol. The predicted molar refractivity (Wildman–Crippen MR) is 141 cm³/mol. The van der Waals surface area contributed by atoms with Gasteiger partial charge < -0.3 is 20.4 Å². The Morgan fingerprint density at radius 1 is 1.08 bits per heavy atom. The standard InChI is InChI=1S/C26H25FN8O2/c1-3-24(37)30-17-12-19(15-28-14-17)35-7-6-23(36)20-16-29-26(32-25(20)35)31-22-5-4-18(13-21(22)27)34-10-8-33(2)9-11-34/h3-7,12-16H,1,8-11H2,2H3,(H,30,37)(H,29,31,32).